The molecule has 0 aromatic rings. The minimum Gasteiger partial charge on any atom is -0.211 e. The Kier molecular flexibility index (Phi) is 9.97. The lowest BCUT2D eigenvalue weighted by Gasteiger charge is -2.34. The molecule has 19 heavy (non-hydrogen) atoms. The highest BCUT2D eigenvalue weighted by Gasteiger charge is 2.27. The molecule has 0 amide bonds. The van der Waals surface area contributed by atoms with E-state index in [1.54, 1.807) is 12.2 Å². The molecule has 0 fully saturated rings. The van der Waals surface area contributed by atoms with Crippen LogP contribution in [0.25, 0.3) is 0 Å². The van der Waals surface area contributed by atoms with Gasteiger partial charge in [-0.1, -0.05) is 27.2 Å². The summed E-state index contributed by atoms with van der Waals surface area (Å²) in [5.41, 5.74) is 0.282. The Bertz CT molecular complexity index is 303. The van der Waals surface area contributed by atoms with E-state index in [-0.39, 0.29) is 5.41 Å². The first-order valence-corrected chi connectivity index (χ1v) is 7.15. The fourth-order valence-electron chi connectivity index (χ4n) is 2.70. The van der Waals surface area contributed by atoms with Gasteiger partial charge in [0.2, 0.25) is 12.2 Å². The van der Waals surface area contributed by atoms with Crippen LogP contribution in [0.5, 0.6) is 0 Å². The molecule has 0 spiro atoms. The monoisotopic (exact) mass is 266 g/mol. The predicted molar refractivity (Wildman–Crippen MR) is 76.6 cm³/mol. The maximum atomic E-state index is 10.1. The van der Waals surface area contributed by atoms with Gasteiger partial charge in [-0.3, -0.25) is 0 Å². The van der Waals surface area contributed by atoms with Crippen molar-refractivity contribution in [2.45, 2.75) is 59.3 Å². The van der Waals surface area contributed by atoms with Gasteiger partial charge in [0.05, 0.1) is 13.1 Å². The Labute approximate surface area is 116 Å². The minimum absolute atomic E-state index is 0.282. The first kappa shape index (κ1) is 17.8. The molecule has 4 heteroatoms. The summed E-state index contributed by atoms with van der Waals surface area (Å²) in [5.74, 6) is 0.580. The lowest BCUT2D eigenvalue weighted by atomic mass is 9.71. The van der Waals surface area contributed by atoms with E-state index in [1.807, 2.05) is 0 Å². The molecule has 0 saturated carbocycles. The van der Waals surface area contributed by atoms with Gasteiger partial charge in [-0.2, -0.15) is 0 Å². The highest BCUT2D eigenvalue weighted by atomic mass is 16.1. The van der Waals surface area contributed by atoms with Gasteiger partial charge < -0.3 is 0 Å². The Morgan fingerprint density at radius 3 is 1.84 bits per heavy atom. The molecule has 0 bridgehead atoms. The van der Waals surface area contributed by atoms with Gasteiger partial charge in [-0.15, -0.1) is 0 Å². The Morgan fingerprint density at radius 1 is 1.00 bits per heavy atom. The number of isocyanates is 2. The smallest absolute Gasteiger partial charge is 0.211 e. The van der Waals surface area contributed by atoms with Crippen LogP contribution in [-0.2, 0) is 9.59 Å². The van der Waals surface area contributed by atoms with Crippen LogP contribution in [-0.4, -0.2) is 25.2 Å². The number of hydrogen-bond donors (Lipinski definition) is 0. The summed E-state index contributed by atoms with van der Waals surface area (Å²) < 4.78 is 0. The molecule has 0 rings (SSSR count). The first-order chi connectivity index (χ1) is 9.08. The normalized spacial score (nSPS) is 12.4. The van der Waals surface area contributed by atoms with Crippen LogP contribution < -0.4 is 0 Å². The van der Waals surface area contributed by atoms with Crippen LogP contribution in [0, 0.1) is 11.3 Å². The SMILES string of the molecule is CCCC(C)(C)C(CCCN=C=O)CCCN=C=O. The third-order valence-corrected chi connectivity index (χ3v) is 3.77. The van der Waals surface area contributed by atoms with Crippen molar-refractivity contribution in [2.75, 3.05) is 13.1 Å². The molecule has 0 aliphatic carbocycles. The van der Waals surface area contributed by atoms with Crippen LogP contribution in [0.15, 0.2) is 9.98 Å². The zero-order chi connectivity index (χ0) is 14.6. The van der Waals surface area contributed by atoms with Crippen molar-refractivity contribution in [1.82, 2.24) is 0 Å². The Balaban J connectivity index is 4.35. The highest BCUT2D eigenvalue weighted by Crippen LogP contribution is 2.38. The van der Waals surface area contributed by atoms with Gasteiger partial charge in [0.15, 0.2) is 0 Å². The third kappa shape index (κ3) is 8.47. The molecule has 0 aromatic heterocycles. The second kappa shape index (κ2) is 10.7. The maximum Gasteiger partial charge on any atom is 0.234 e. The van der Waals surface area contributed by atoms with E-state index in [9.17, 15) is 9.59 Å². The predicted octanol–water partition coefficient (Wildman–Crippen LogP) is 3.66. The van der Waals surface area contributed by atoms with Crippen LogP contribution in [0.2, 0.25) is 0 Å². The van der Waals surface area contributed by atoms with E-state index >= 15 is 0 Å². The molecule has 4 nitrogen and oxygen atoms in total. The van der Waals surface area contributed by atoms with E-state index in [2.05, 4.69) is 30.8 Å². The first-order valence-electron chi connectivity index (χ1n) is 7.15. The molecule has 0 N–H and O–H groups in total. The summed E-state index contributed by atoms with van der Waals surface area (Å²) in [6, 6.07) is 0. The number of carbonyl (C=O) groups excluding carboxylic acids is 2. The summed E-state index contributed by atoms with van der Waals surface area (Å²) in [4.78, 5) is 27.3. The second-order valence-corrected chi connectivity index (χ2v) is 5.67. The van der Waals surface area contributed by atoms with Crippen LogP contribution in [0.3, 0.4) is 0 Å². The summed E-state index contributed by atoms with van der Waals surface area (Å²) in [7, 11) is 0. The quantitative estimate of drug-likeness (QED) is 0.325. The van der Waals surface area contributed by atoms with Gasteiger partial charge >= 0.3 is 0 Å². The van der Waals surface area contributed by atoms with Crippen molar-refractivity contribution in [1.29, 1.82) is 0 Å². The molecular formula is C15H26N2O2. The summed E-state index contributed by atoms with van der Waals surface area (Å²) >= 11 is 0. The fraction of sp³-hybridized carbons (Fsp3) is 0.867. The summed E-state index contributed by atoms with van der Waals surface area (Å²) in [6.45, 7) is 7.93. The van der Waals surface area contributed by atoms with E-state index in [4.69, 9.17) is 0 Å². The molecule has 108 valence electrons. The van der Waals surface area contributed by atoms with Crippen LogP contribution >= 0.6 is 0 Å². The molecule has 0 aromatic carbocycles. The van der Waals surface area contributed by atoms with E-state index in [0.717, 1.165) is 25.7 Å². The number of nitrogens with zero attached hydrogens (tertiary/aromatic N) is 2. The van der Waals surface area contributed by atoms with E-state index < -0.39 is 0 Å². The Morgan fingerprint density at radius 2 is 1.47 bits per heavy atom. The molecule has 0 heterocycles. The van der Waals surface area contributed by atoms with Crippen LogP contribution in [0.1, 0.15) is 59.3 Å². The van der Waals surface area contributed by atoms with Crippen LogP contribution in [0.4, 0.5) is 0 Å². The van der Waals surface area contributed by atoms with Gasteiger partial charge in [-0.05, 0) is 43.4 Å². The zero-order valence-corrected chi connectivity index (χ0v) is 12.4. The molecule has 0 aliphatic heterocycles. The number of aliphatic imine (C=N–C) groups is 2. The Hall–Kier alpha value is -1.24. The van der Waals surface area contributed by atoms with Gasteiger partial charge in [-0.25, -0.2) is 19.6 Å². The average Bonchev–Trinajstić information content (AvgIpc) is 2.36. The van der Waals surface area contributed by atoms with Crippen molar-refractivity contribution in [3.05, 3.63) is 0 Å². The number of hydrogen-bond acceptors (Lipinski definition) is 4. The zero-order valence-electron chi connectivity index (χ0n) is 12.4. The lowest BCUT2D eigenvalue weighted by Crippen LogP contribution is -2.24. The number of rotatable bonds is 11. The highest BCUT2D eigenvalue weighted by molar-refractivity contribution is 5.32. The molecule has 0 saturated heterocycles. The average molecular weight is 266 g/mol. The van der Waals surface area contributed by atoms with Crippen molar-refractivity contribution >= 4 is 12.2 Å². The molecule has 0 unspecified atom stereocenters. The van der Waals surface area contributed by atoms with E-state index in [0.29, 0.717) is 19.0 Å². The summed E-state index contributed by atoms with van der Waals surface area (Å²) in [6.07, 6.45) is 9.48. The molecule has 0 aliphatic rings. The van der Waals surface area contributed by atoms with Crippen molar-refractivity contribution in [3.63, 3.8) is 0 Å². The maximum absolute atomic E-state index is 10.1. The lowest BCUT2D eigenvalue weighted by molar-refractivity contribution is 0.166. The van der Waals surface area contributed by atoms with Crippen molar-refractivity contribution in [3.8, 4) is 0 Å². The van der Waals surface area contributed by atoms with Gasteiger partial charge in [0, 0.05) is 0 Å². The van der Waals surface area contributed by atoms with Gasteiger partial charge in [0.25, 0.3) is 0 Å². The fourth-order valence-corrected chi connectivity index (χ4v) is 2.70. The standard InChI is InChI=1S/C15H26N2O2/c1-4-9-15(2,3)14(7-5-10-16-12-18)8-6-11-17-13-19/h14H,4-11H2,1-3H3. The topological polar surface area (TPSA) is 58.9 Å². The minimum atomic E-state index is 0.282. The van der Waals surface area contributed by atoms with E-state index in [1.165, 1.54) is 12.8 Å². The molecular weight excluding hydrogens is 240 g/mol. The van der Waals surface area contributed by atoms with Crippen molar-refractivity contribution < 1.29 is 9.59 Å². The summed E-state index contributed by atoms with van der Waals surface area (Å²) in [5, 5.41) is 0. The molecule has 0 radical (unpaired) electrons. The third-order valence-electron chi connectivity index (χ3n) is 3.77. The largest absolute Gasteiger partial charge is 0.234 e. The molecule has 0 atom stereocenters. The second-order valence-electron chi connectivity index (χ2n) is 5.67. The van der Waals surface area contributed by atoms with Crippen molar-refractivity contribution in [2.24, 2.45) is 21.3 Å². The van der Waals surface area contributed by atoms with Gasteiger partial charge in [0.1, 0.15) is 0 Å².